The zero-order valence-corrected chi connectivity index (χ0v) is 12.8. The first-order valence-corrected chi connectivity index (χ1v) is 7.47. The summed E-state index contributed by atoms with van der Waals surface area (Å²) >= 11 is 6.31. The fourth-order valence-corrected chi connectivity index (χ4v) is 3.21. The van der Waals surface area contributed by atoms with Crippen LogP contribution in [0.1, 0.15) is 37.4 Å². The van der Waals surface area contributed by atoms with Crippen LogP contribution in [0.3, 0.4) is 0 Å². The molecule has 0 aliphatic heterocycles. The average Bonchev–Trinajstić information content (AvgIpc) is 2.88. The summed E-state index contributed by atoms with van der Waals surface area (Å²) in [6, 6.07) is 0. The SMILES string of the molecule is CCc1nn(C)c(Cl)c1CN(C)CC1CCCC1O. The second kappa shape index (κ2) is 6.25. The van der Waals surface area contributed by atoms with E-state index < -0.39 is 0 Å². The highest BCUT2D eigenvalue weighted by atomic mass is 35.5. The minimum Gasteiger partial charge on any atom is -0.393 e. The molecule has 2 atom stereocenters. The van der Waals surface area contributed by atoms with Gasteiger partial charge in [-0.2, -0.15) is 5.10 Å². The van der Waals surface area contributed by atoms with Gasteiger partial charge in [0.25, 0.3) is 0 Å². The van der Waals surface area contributed by atoms with Gasteiger partial charge in [-0.25, -0.2) is 0 Å². The molecule has 1 aromatic heterocycles. The zero-order valence-electron chi connectivity index (χ0n) is 12.1. The maximum Gasteiger partial charge on any atom is 0.131 e. The van der Waals surface area contributed by atoms with Crippen molar-refractivity contribution in [3.8, 4) is 0 Å². The first-order valence-electron chi connectivity index (χ1n) is 7.09. The molecule has 1 N–H and O–H groups in total. The lowest BCUT2D eigenvalue weighted by Crippen LogP contribution is -2.29. The Labute approximate surface area is 120 Å². The molecule has 1 heterocycles. The summed E-state index contributed by atoms with van der Waals surface area (Å²) in [5, 5.41) is 15.1. The van der Waals surface area contributed by atoms with Gasteiger partial charge in [-0.3, -0.25) is 4.68 Å². The van der Waals surface area contributed by atoms with E-state index in [1.807, 2.05) is 7.05 Å². The molecule has 0 spiro atoms. The third kappa shape index (κ3) is 3.30. The highest BCUT2D eigenvalue weighted by molar-refractivity contribution is 6.30. The molecule has 1 aliphatic rings. The maximum absolute atomic E-state index is 9.89. The number of aryl methyl sites for hydroxylation is 2. The Morgan fingerprint density at radius 2 is 2.21 bits per heavy atom. The van der Waals surface area contributed by atoms with E-state index in [1.54, 1.807) is 4.68 Å². The Hall–Kier alpha value is -0.580. The van der Waals surface area contributed by atoms with Crippen LogP contribution in [0.4, 0.5) is 0 Å². The molecule has 2 rings (SSSR count). The van der Waals surface area contributed by atoms with Crippen LogP contribution >= 0.6 is 11.6 Å². The van der Waals surface area contributed by atoms with E-state index in [1.165, 1.54) is 0 Å². The van der Waals surface area contributed by atoms with E-state index in [0.29, 0.717) is 5.92 Å². The molecule has 0 radical (unpaired) electrons. The van der Waals surface area contributed by atoms with Gasteiger partial charge in [0.2, 0.25) is 0 Å². The number of aromatic nitrogens is 2. The summed E-state index contributed by atoms with van der Waals surface area (Å²) in [5.74, 6) is 0.408. The molecule has 1 aromatic rings. The number of hydrogen-bond acceptors (Lipinski definition) is 3. The predicted molar refractivity (Wildman–Crippen MR) is 77.3 cm³/mol. The molecule has 0 aromatic carbocycles. The Bertz CT molecular complexity index is 433. The van der Waals surface area contributed by atoms with Gasteiger partial charge < -0.3 is 10.0 Å². The van der Waals surface area contributed by atoms with Gasteiger partial charge in [-0.15, -0.1) is 0 Å². The van der Waals surface area contributed by atoms with Crippen molar-refractivity contribution in [2.75, 3.05) is 13.6 Å². The predicted octanol–water partition coefficient (Wildman–Crippen LogP) is 2.23. The second-order valence-electron chi connectivity index (χ2n) is 5.65. The Balaban J connectivity index is 2.00. The van der Waals surface area contributed by atoms with Gasteiger partial charge in [-0.1, -0.05) is 24.9 Å². The van der Waals surface area contributed by atoms with Crippen molar-refractivity contribution in [2.45, 2.75) is 45.3 Å². The van der Waals surface area contributed by atoms with Crippen LogP contribution in [0.25, 0.3) is 0 Å². The van der Waals surface area contributed by atoms with Crippen LogP contribution in [0.5, 0.6) is 0 Å². The molecule has 0 saturated heterocycles. The van der Waals surface area contributed by atoms with E-state index in [-0.39, 0.29) is 6.10 Å². The number of aliphatic hydroxyl groups excluding tert-OH is 1. The molecule has 4 nitrogen and oxygen atoms in total. The highest BCUT2D eigenvalue weighted by Gasteiger charge is 2.26. The normalized spacial score (nSPS) is 23.5. The molecule has 108 valence electrons. The number of rotatable bonds is 5. The first-order chi connectivity index (χ1) is 9.02. The van der Waals surface area contributed by atoms with Crippen molar-refractivity contribution in [1.82, 2.24) is 14.7 Å². The van der Waals surface area contributed by atoms with Gasteiger partial charge in [-0.05, 0) is 32.2 Å². The molecule has 2 unspecified atom stereocenters. The number of hydrogen-bond donors (Lipinski definition) is 1. The summed E-state index contributed by atoms with van der Waals surface area (Å²) in [6.45, 7) is 3.83. The fourth-order valence-electron chi connectivity index (χ4n) is 3.01. The van der Waals surface area contributed by atoms with Gasteiger partial charge in [0.1, 0.15) is 5.15 Å². The van der Waals surface area contributed by atoms with E-state index in [2.05, 4.69) is 24.0 Å². The van der Waals surface area contributed by atoms with Crippen molar-refractivity contribution < 1.29 is 5.11 Å². The van der Waals surface area contributed by atoms with Crippen LogP contribution in [-0.4, -0.2) is 39.5 Å². The van der Waals surface area contributed by atoms with E-state index >= 15 is 0 Å². The quantitative estimate of drug-likeness (QED) is 0.902. The summed E-state index contributed by atoms with van der Waals surface area (Å²) in [6.07, 6.45) is 4.00. The summed E-state index contributed by atoms with van der Waals surface area (Å²) in [7, 11) is 3.97. The standard InChI is InChI=1S/C14H24ClN3O/c1-4-12-11(14(15)18(3)16-12)9-17(2)8-10-6-5-7-13(10)19/h10,13,19H,4-9H2,1-3H3. The van der Waals surface area contributed by atoms with E-state index in [0.717, 1.165) is 55.2 Å². The van der Waals surface area contributed by atoms with Crippen LogP contribution in [0.2, 0.25) is 5.15 Å². The van der Waals surface area contributed by atoms with Crippen molar-refractivity contribution in [1.29, 1.82) is 0 Å². The molecule has 1 aliphatic carbocycles. The van der Waals surface area contributed by atoms with Gasteiger partial charge in [0, 0.05) is 25.7 Å². The van der Waals surface area contributed by atoms with Crippen LogP contribution in [0, 0.1) is 5.92 Å². The topological polar surface area (TPSA) is 41.3 Å². The average molecular weight is 286 g/mol. The number of nitrogens with zero attached hydrogens (tertiary/aromatic N) is 3. The molecular weight excluding hydrogens is 262 g/mol. The smallest absolute Gasteiger partial charge is 0.131 e. The summed E-state index contributed by atoms with van der Waals surface area (Å²) in [5.41, 5.74) is 2.20. The summed E-state index contributed by atoms with van der Waals surface area (Å²) < 4.78 is 1.74. The second-order valence-corrected chi connectivity index (χ2v) is 6.01. The Morgan fingerprint density at radius 3 is 2.79 bits per heavy atom. The summed E-state index contributed by atoms with van der Waals surface area (Å²) in [4.78, 5) is 2.25. The van der Waals surface area contributed by atoms with Crippen molar-refractivity contribution >= 4 is 11.6 Å². The molecule has 0 bridgehead atoms. The number of aliphatic hydroxyl groups is 1. The lowest BCUT2D eigenvalue weighted by molar-refractivity contribution is 0.108. The van der Waals surface area contributed by atoms with Crippen LogP contribution in [-0.2, 0) is 20.0 Å². The molecular formula is C14H24ClN3O. The third-order valence-corrected chi connectivity index (χ3v) is 4.55. The molecule has 1 fully saturated rings. The molecule has 19 heavy (non-hydrogen) atoms. The largest absolute Gasteiger partial charge is 0.393 e. The lowest BCUT2D eigenvalue weighted by Gasteiger charge is -2.23. The van der Waals surface area contributed by atoms with Crippen molar-refractivity contribution in [3.05, 3.63) is 16.4 Å². The van der Waals surface area contributed by atoms with Gasteiger partial charge in [0.05, 0.1) is 11.8 Å². The van der Waals surface area contributed by atoms with Crippen molar-refractivity contribution in [3.63, 3.8) is 0 Å². The molecule has 0 amide bonds. The third-order valence-electron chi connectivity index (χ3n) is 4.08. The van der Waals surface area contributed by atoms with E-state index in [4.69, 9.17) is 11.6 Å². The van der Waals surface area contributed by atoms with E-state index in [9.17, 15) is 5.11 Å². The highest BCUT2D eigenvalue weighted by Crippen LogP contribution is 2.27. The minimum atomic E-state index is -0.127. The Morgan fingerprint density at radius 1 is 1.47 bits per heavy atom. The number of halogens is 1. The zero-order chi connectivity index (χ0) is 14.0. The molecule has 5 heteroatoms. The molecule has 1 saturated carbocycles. The van der Waals surface area contributed by atoms with Gasteiger partial charge >= 0.3 is 0 Å². The minimum absolute atomic E-state index is 0.127. The van der Waals surface area contributed by atoms with Crippen LogP contribution in [0.15, 0.2) is 0 Å². The van der Waals surface area contributed by atoms with Gasteiger partial charge in [0.15, 0.2) is 0 Å². The Kier molecular flexibility index (Phi) is 4.87. The maximum atomic E-state index is 9.89. The monoisotopic (exact) mass is 285 g/mol. The fraction of sp³-hybridized carbons (Fsp3) is 0.786. The first kappa shape index (κ1) is 14.8. The van der Waals surface area contributed by atoms with Crippen molar-refractivity contribution in [2.24, 2.45) is 13.0 Å². The van der Waals surface area contributed by atoms with Crippen LogP contribution < -0.4 is 0 Å². The lowest BCUT2D eigenvalue weighted by atomic mass is 10.1.